The van der Waals surface area contributed by atoms with Crippen molar-refractivity contribution in [3.8, 4) is 0 Å². The van der Waals surface area contributed by atoms with Gasteiger partial charge in [-0.1, -0.05) is 30.3 Å². The molecule has 0 fully saturated rings. The van der Waals surface area contributed by atoms with Gasteiger partial charge in [-0.3, -0.25) is 4.79 Å². The van der Waals surface area contributed by atoms with Gasteiger partial charge in [-0.25, -0.2) is 14.4 Å². The fourth-order valence-corrected chi connectivity index (χ4v) is 2.34. The monoisotopic (exact) mass is 451 g/mol. The Bertz CT molecular complexity index is 762. The Morgan fingerprint density at radius 2 is 1.44 bits per heavy atom. The van der Waals surface area contributed by atoms with Gasteiger partial charge in [0.15, 0.2) is 6.10 Å². The third-order valence-electron chi connectivity index (χ3n) is 3.62. The molecule has 1 aromatic carbocycles. The van der Waals surface area contributed by atoms with Crippen molar-refractivity contribution in [2.24, 2.45) is 0 Å². The molecule has 0 spiro atoms. The van der Waals surface area contributed by atoms with Crippen molar-refractivity contribution >= 4 is 24.0 Å². The van der Waals surface area contributed by atoms with Gasteiger partial charge in [-0.2, -0.15) is 0 Å². The van der Waals surface area contributed by atoms with Gasteiger partial charge in [-0.05, 0) is 54.0 Å². The predicted octanol–water partition coefficient (Wildman–Crippen LogP) is 3.29. The summed E-state index contributed by atoms with van der Waals surface area (Å²) >= 11 is 0. The number of benzene rings is 1. The number of carbonyl (C=O) groups is 4. The third kappa shape index (κ3) is 11.3. The van der Waals surface area contributed by atoms with Gasteiger partial charge in [0.1, 0.15) is 23.9 Å². The van der Waals surface area contributed by atoms with E-state index in [0.29, 0.717) is 0 Å². The number of esters is 3. The zero-order chi connectivity index (χ0) is 24.5. The molecule has 0 aliphatic rings. The van der Waals surface area contributed by atoms with E-state index in [9.17, 15) is 19.2 Å². The molecule has 32 heavy (non-hydrogen) atoms. The lowest BCUT2D eigenvalue weighted by molar-refractivity contribution is -0.170. The molecule has 0 aliphatic carbocycles. The summed E-state index contributed by atoms with van der Waals surface area (Å²) < 4.78 is 20.6. The second-order valence-electron chi connectivity index (χ2n) is 9.16. The van der Waals surface area contributed by atoms with Crippen LogP contribution >= 0.6 is 0 Å². The van der Waals surface area contributed by atoms with Gasteiger partial charge < -0.3 is 24.3 Å². The Kier molecular flexibility index (Phi) is 9.68. The summed E-state index contributed by atoms with van der Waals surface area (Å²) in [5.41, 5.74) is -0.834. The summed E-state index contributed by atoms with van der Waals surface area (Å²) in [5, 5.41) is 2.30. The molecule has 0 aliphatic heterocycles. The lowest BCUT2D eigenvalue weighted by Gasteiger charge is -2.25. The Labute approximate surface area is 188 Å². The van der Waals surface area contributed by atoms with Crippen molar-refractivity contribution in [3.05, 3.63) is 35.9 Å². The van der Waals surface area contributed by atoms with Gasteiger partial charge in [-0.15, -0.1) is 0 Å². The van der Waals surface area contributed by atoms with E-state index in [-0.39, 0.29) is 6.61 Å². The summed E-state index contributed by atoms with van der Waals surface area (Å²) in [5.74, 6) is -2.49. The molecular formula is C23H33NO8. The van der Waals surface area contributed by atoms with Crippen molar-refractivity contribution in [1.29, 1.82) is 0 Å². The fraction of sp³-hybridized carbons (Fsp3) is 0.565. The number of amides is 1. The minimum absolute atomic E-state index is 0.0130. The smallest absolute Gasteiger partial charge is 0.408 e. The first kappa shape index (κ1) is 26.9. The molecule has 0 heterocycles. The van der Waals surface area contributed by atoms with Crippen LogP contribution in [-0.2, 0) is 39.9 Å². The van der Waals surface area contributed by atoms with Crippen LogP contribution in [0.3, 0.4) is 0 Å². The molecule has 2 atom stereocenters. The molecule has 178 valence electrons. The van der Waals surface area contributed by atoms with E-state index in [1.165, 1.54) is 6.92 Å². The highest BCUT2D eigenvalue weighted by Crippen LogP contribution is 2.12. The van der Waals surface area contributed by atoms with Gasteiger partial charge in [0.05, 0.1) is 6.42 Å². The first-order valence-corrected chi connectivity index (χ1v) is 10.3. The minimum Gasteiger partial charge on any atom is -0.460 e. The maximum Gasteiger partial charge on any atom is 0.408 e. The summed E-state index contributed by atoms with van der Waals surface area (Å²) in [4.78, 5) is 49.2. The standard InChI is InChI=1S/C23H33NO8/c1-15(19(26)29-14-16-11-9-8-10-12-16)30-20(27)17(13-18(25)31-22(2,3)4)24-21(28)32-23(5,6)7/h8-12,15,17H,13-14H2,1-7H3,(H,24,28). The second kappa shape index (κ2) is 11.5. The van der Waals surface area contributed by atoms with Gasteiger partial charge in [0.25, 0.3) is 0 Å². The highest BCUT2D eigenvalue weighted by molar-refractivity contribution is 5.88. The van der Waals surface area contributed by atoms with E-state index in [1.807, 2.05) is 6.07 Å². The zero-order valence-corrected chi connectivity index (χ0v) is 19.7. The van der Waals surface area contributed by atoms with Gasteiger partial charge in [0, 0.05) is 0 Å². The highest BCUT2D eigenvalue weighted by atomic mass is 16.6. The van der Waals surface area contributed by atoms with Crippen LogP contribution in [0.4, 0.5) is 4.79 Å². The lowest BCUT2D eigenvalue weighted by atomic mass is 10.1. The average molecular weight is 452 g/mol. The molecule has 0 bridgehead atoms. The SMILES string of the molecule is CC(OC(=O)C(CC(=O)OC(C)(C)C)NC(=O)OC(C)(C)C)C(=O)OCc1ccccc1. The Morgan fingerprint density at radius 1 is 0.875 bits per heavy atom. The van der Waals surface area contributed by atoms with E-state index in [4.69, 9.17) is 18.9 Å². The first-order chi connectivity index (χ1) is 14.7. The Balaban J connectivity index is 2.77. The molecule has 9 heteroatoms. The molecule has 1 rings (SSSR count). The Morgan fingerprint density at radius 3 is 1.97 bits per heavy atom. The van der Waals surface area contributed by atoms with Crippen molar-refractivity contribution in [2.75, 3.05) is 0 Å². The summed E-state index contributed by atoms with van der Waals surface area (Å²) in [6, 6.07) is 7.59. The number of alkyl carbamates (subject to hydrolysis) is 1. The molecule has 0 saturated heterocycles. The van der Waals surface area contributed by atoms with Crippen LogP contribution in [0, 0.1) is 0 Å². The van der Waals surface area contributed by atoms with E-state index in [2.05, 4.69) is 5.32 Å². The Hall–Kier alpha value is -3.10. The zero-order valence-electron chi connectivity index (χ0n) is 19.7. The second-order valence-corrected chi connectivity index (χ2v) is 9.16. The maximum atomic E-state index is 12.6. The number of ether oxygens (including phenoxy) is 4. The third-order valence-corrected chi connectivity index (χ3v) is 3.62. The van der Waals surface area contributed by atoms with Crippen molar-refractivity contribution in [1.82, 2.24) is 5.32 Å². The average Bonchev–Trinajstić information content (AvgIpc) is 2.63. The molecule has 0 saturated carbocycles. The summed E-state index contributed by atoms with van der Waals surface area (Å²) in [6.45, 7) is 11.3. The fourth-order valence-electron chi connectivity index (χ4n) is 2.34. The minimum atomic E-state index is -1.41. The van der Waals surface area contributed by atoms with Gasteiger partial charge >= 0.3 is 24.0 Å². The van der Waals surface area contributed by atoms with E-state index in [1.54, 1.807) is 65.8 Å². The van der Waals surface area contributed by atoms with Gasteiger partial charge in [0.2, 0.25) is 0 Å². The van der Waals surface area contributed by atoms with Crippen LogP contribution in [0.25, 0.3) is 0 Å². The van der Waals surface area contributed by atoms with E-state index >= 15 is 0 Å². The largest absolute Gasteiger partial charge is 0.460 e. The number of carbonyl (C=O) groups excluding carboxylic acids is 4. The van der Waals surface area contributed by atoms with Crippen LogP contribution in [0.15, 0.2) is 30.3 Å². The van der Waals surface area contributed by atoms with E-state index < -0.39 is 53.8 Å². The summed E-state index contributed by atoms with van der Waals surface area (Å²) in [6.07, 6.45) is -2.67. The topological polar surface area (TPSA) is 117 Å². The molecule has 0 radical (unpaired) electrons. The number of hydrogen-bond donors (Lipinski definition) is 1. The summed E-state index contributed by atoms with van der Waals surface area (Å²) in [7, 11) is 0. The molecule has 1 amide bonds. The van der Waals surface area contributed by atoms with Crippen LogP contribution in [0.1, 0.15) is 60.5 Å². The molecule has 9 nitrogen and oxygen atoms in total. The quantitative estimate of drug-likeness (QED) is 0.473. The molecule has 2 unspecified atom stereocenters. The van der Waals surface area contributed by atoms with Crippen LogP contribution in [0.5, 0.6) is 0 Å². The van der Waals surface area contributed by atoms with E-state index in [0.717, 1.165) is 5.56 Å². The molecule has 1 aromatic rings. The number of hydrogen-bond acceptors (Lipinski definition) is 8. The number of nitrogens with one attached hydrogen (secondary N) is 1. The van der Waals surface area contributed by atoms with Crippen molar-refractivity contribution in [3.63, 3.8) is 0 Å². The molecule has 0 aromatic heterocycles. The van der Waals surface area contributed by atoms with Crippen molar-refractivity contribution in [2.45, 2.75) is 84.8 Å². The highest BCUT2D eigenvalue weighted by Gasteiger charge is 2.32. The van der Waals surface area contributed by atoms with Crippen LogP contribution in [-0.4, -0.2) is 47.3 Å². The first-order valence-electron chi connectivity index (χ1n) is 10.3. The van der Waals surface area contributed by atoms with Crippen LogP contribution < -0.4 is 5.32 Å². The van der Waals surface area contributed by atoms with Crippen LogP contribution in [0.2, 0.25) is 0 Å². The maximum absolute atomic E-state index is 12.6. The lowest BCUT2D eigenvalue weighted by Crippen LogP contribution is -2.47. The molecular weight excluding hydrogens is 418 g/mol. The van der Waals surface area contributed by atoms with Crippen molar-refractivity contribution < 1.29 is 38.1 Å². The normalized spacial score (nSPS) is 13.3. The predicted molar refractivity (Wildman–Crippen MR) is 115 cm³/mol. The number of rotatable bonds is 8. The molecule has 1 N–H and O–H groups in total.